The summed E-state index contributed by atoms with van der Waals surface area (Å²) in [6.07, 6.45) is 0. The van der Waals surface area contributed by atoms with E-state index < -0.39 is 17.3 Å². The maximum atomic E-state index is 13.9. The van der Waals surface area contributed by atoms with Crippen LogP contribution < -0.4 is 5.56 Å². The molecule has 0 fully saturated rings. The Morgan fingerprint density at radius 1 is 1.38 bits per heavy atom. The molecule has 110 valence electrons. The largest absolute Gasteiger partial charge is 0.477 e. The molecule has 0 bridgehead atoms. The third-order valence-corrected chi connectivity index (χ3v) is 3.57. The fourth-order valence-corrected chi connectivity index (χ4v) is 2.42. The molecule has 6 heteroatoms. The van der Waals surface area contributed by atoms with Crippen molar-refractivity contribution in [3.8, 4) is 0 Å². The molecule has 1 aromatic heterocycles. The van der Waals surface area contributed by atoms with Crippen molar-refractivity contribution in [1.82, 2.24) is 4.57 Å². The van der Waals surface area contributed by atoms with Crippen LogP contribution in [0.5, 0.6) is 0 Å². The quantitative estimate of drug-likeness (QED) is 0.948. The first kappa shape index (κ1) is 15.3. The number of aromatic nitrogens is 1. The van der Waals surface area contributed by atoms with Crippen LogP contribution in [0, 0.1) is 19.7 Å². The van der Waals surface area contributed by atoms with Crippen molar-refractivity contribution in [1.29, 1.82) is 0 Å². The highest BCUT2D eigenvalue weighted by atomic mass is 35.5. The highest BCUT2D eigenvalue weighted by Crippen LogP contribution is 2.19. The molecule has 1 N–H and O–H groups in total. The molecule has 1 heterocycles. The van der Waals surface area contributed by atoms with Crippen molar-refractivity contribution in [2.45, 2.75) is 20.4 Å². The molecular weight excluding hydrogens is 297 g/mol. The Hall–Kier alpha value is -2.14. The van der Waals surface area contributed by atoms with Crippen LogP contribution in [0.4, 0.5) is 4.39 Å². The Balaban J connectivity index is 2.60. The first-order valence-electron chi connectivity index (χ1n) is 6.20. The lowest BCUT2D eigenvalue weighted by atomic mass is 10.1. The zero-order chi connectivity index (χ0) is 15.7. The molecule has 0 spiro atoms. The number of hydrogen-bond donors (Lipinski definition) is 1. The third-order valence-electron chi connectivity index (χ3n) is 3.28. The number of benzene rings is 1. The molecule has 2 aromatic rings. The minimum Gasteiger partial charge on any atom is -0.477 e. The maximum absolute atomic E-state index is 13.9. The standard InChI is InChI=1S/C15H13ClFNO3/c1-8-6-9(2)18(14(19)12(8)15(20)21)7-10-4-3-5-11(16)13(10)17/h3-6H,7H2,1-2H3,(H,20,21). The maximum Gasteiger partial charge on any atom is 0.341 e. The number of carbonyl (C=O) groups is 1. The first-order chi connectivity index (χ1) is 9.82. The molecule has 4 nitrogen and oxygen atoms in total. The number of carboxylic acids is 1. The van der Waals surface area contributed by atoms with Gasteiger partial charge >= 0.3 is 5.97 Å². The second-order valence-corrected chi connectivity index (χ2v) is 5.16. The molecular formula is C15H13ClFNO3. The van der Waals surface area contributed by atoms with Crippen molar-refractivity contribution in [3.63, 3.8) is 0 Å². The van der Waals surface area contributed by atoms with Crippen LogP contribution in [0.3, 0.4) is 0 Å². The Kier molecular flexibility index (Phi) is 4.14. The van der Waals surface area contributed by atoms with E-state index in [4.69, 9.17) is 16.7 Å². The van der Waals surface area contributed by atoms with Crippen molar-refractivity contribution in [2.75, 3.05) is 0 Å². The zero-order valence-corrected chi connectivity index (χ0v) is 12.2. The van der Waals surface area contributed by atoms with Crippen molar-refractivity contribution in [3.05, 3.63) is 67.8 Å². The number of pyridine rings is 1. The number of hydrogen-bond acceptors (Lipinski definition) is 2. The number of halogens is 2. The second-order valence-electron chi connectivity index (χ2n) is 4.75. The van der Waals surface area contributed by atoms with E-state index in [9.17, 15) is 14.0 Å². The second kappa shape index (κ2) is 5.69. The summed E-state index contributed by atoms with van der Waals surface area (Å²) in [5, 5.41) is 9.08. The van der Waals surface area contributed by atoms with E-state index in [-0.39, 0.29) is 22.7 Å². The van der Waals surface area contributed by atoms with Crippen LogP contribution in [0.15, 0.2) is 29.1 Å². The Labute approximate surface area is 125 Å². The lowest BCUT2D eigenvalue weighted by Gasteiger charge is -2.13. The van der Waals surface area contributed by atoms with Gasteiger partial charge in [0, 0.05) is 11.3 Å². The van der Waals surface area contributed by atoms with E-state index in [0.717, 1.165) is 0 Å². The summed E-state index contributed by atoms with van der Waals surface area (Å²) in [6, 6.07) is 6.09. The number of rotatable bonds is 3. The summed E-state index contributed by atoms with van der Waals surface area (Å²) in [5.74, 6) is -1.90. The summed E-state index contributed by atoms with van der Waals surface area (Å²) in [6.45, 7) is 3.16. The van der Waals surface area contributed by atoms with E-state index in [1.165, 1.54) is 16.7 Å². The van der Waals surface area contributed by atoms with Crippen molar-refractivity contribution in [2.24, 2.45) is 0 Å². The Morgan fingerprint density at radius 2 is 2.05 bits per heavy atom. The van der Waals surface area contributed by atoms with E-state index in [2.05, 4.69) is 0 Å². The minimum atomic E-state index is -1.29. The molecule has 0 aliphatic heterocycles. The van der Waals surface area contributed by atoms with Gasteiger partial charge in [-0.15, -0.1) is 0 Å². The van der Waals surface area contributed by atoms with Crippen molar-refractivity contribution >= 4 is 17.6 Å². The molecule has 0 saturated carbocycles. The molecule has 0 atom stereocenters. The van der Waals surface area contributed by atoms with E-state index in [1.54, 1.807) is 26.0 Å². The van der Waals surface area contributed by atoms with E-state index in [1.807, 2.05) is 0 Å². The molecule has 1 aromatic carbocycles. The van der Waals surface area contributed by atoms with Crippen molar-refractivity contribution < 1.29 is 14.3 Å². The Bertz CT molecular complexity index is 783. The van der Waals surface area contributed by atoms with Gasteiger partial charge in [0.05, 0.1) is 11.6 Å². The molecule has 0 aliphatic rings. The molecule has 2 rings (SSSR count). The number of carboxylic acid groups (broad SMARTS) is 1. The summed E-state index contributed by atoms with van der Waals surface area (Å²) in [7, 11) is 0. The predicted molar refractivity (Wildman–Crippen MR) is 77.6 cm³/mol. The molecule has 21 heavy (non-hydrogen) atoms. The van der Waals surface area contributed by atoms with Crippen LogP contribution in [0.1, 0.15) is 27.2 Å². The molecule has 0 amide bonds. The van der Waals surface area contributed by atoms with Gasteiger partial charge in [0.15, 0.2) is 0 Å². The van der Waals surface area contributed by atoms with Crippen LogP contribution in [-0.4, -0.2) is 15.6 Å². The lowest BCUT2D eigenvalue weighted by molar-refractivity contribution is 0.0693. The zero-order valence-electron chi connectivity index (χ0n) is 11.5. The molecule has 0 radical (unpaired) electrons. The first-order valence-corrected chi connectivity index (χ1v) is 6.58. The van der Waals surface area contributed by atoms with Gasteiger partial charge in [-0.05, 0) is 31.5 Å². The summed E-state index contributed by atoms with van der Waals surface area (Å²) >= 11 is 5.71. The summed E-state index contributed by atoms with van der Waals surface area (Å²) in [5.41, 5.74) is 0.213. The third kappa shape index (κ3) is 2.83. The van der Waals surface area contributed by atoms with Gasteiger partial charge in [-0.2, -0.15) is 0 Å². The van der Waals surface area contributed by atoms with Gasteiger partial charge in [-0.1, -0.05) is 23.7 Å². The normalized spacial score (nSPS) is 10.7. The van der Waals surface area contributed by atoms with E-state index in [0.29, 0.717) is 11.3 Å². The summed E-state index contributed by atoms with van der Waals surface area (Å²) < 4.78 is 15.2. The van der Waals surface area contributed by atoms with Crippen LogP contribution in [0.2, 0.25) is 5.02 Å². The van der Waals surface area contributed by atoms with Gasteiger partial charge in [0.1, 0.15) is 11.4 Å². The van der Waals surface area contributed by atoms with Crippen LogP contribution >= 0.6 is 11.6 Å². The highest BCUT2D eigenvalue weighted by Gasteiger charge is 2.17. The van der Waals surface area contributed by atoms with Gasteiger partial charge in [0.2, 0.25) is 0 Å². The monoisotopic (exact) mass is 309 g/mol. The average molecular weight is 310 g/mol. The predicted octanol–water partition coefficient (Wildman–Crippen LogP) is 3.00. The lowest BCUT2D eigenvalue weighted by Crippen LogP contribution is -2.30. The topological polar surface area (TPSA) is 59.3 Å². The van der Waals surface area contributed by atoms with Crippen LogP contribution in [-0.2, 0) is 6.54 Å². The highest BCUT2D eigenvalue weighted by molar-refractivity contribution is 6.30. The van der Waals surface area contributed by atoms with E-state index >= 15 is 0 Å². The van der Waals surface area contributed by atoms with Gasteiger partial charge in [0.25, 0.3) is 5.56 Å². The summed E-state index contributed by atoms with van der Waals surface area (Å²) in [4.78, 5) is 23.5. The Morgan fingerprint density at radius 3 is 2.67 bits per heavy atom. The fraction of sp³-hybridized carbons (Fsp3) is 0.200. The fourth-order valence-electron chi connectivity index (χ4n) is 2.22. The molecule has 0 unspecified atom stereocenters. The average Bonchev–Trinajstić information content (AvgIpc) is 2.38. The SMILES string of the molecule is Cc1cc(C)n(Cc2cccc(Cl)c2F)c(=O)c1C(=O)O. The molecule has 0 aliphatic carbocycles. The number of nitrogens with zero attached hydrogens (tertiary/aromatic N) is 1. The molecule has 0 saturated heterocycles. The number of aromatic carboxylic acids is 1. The van der Waals surface area contributed by atoms with Gasteiger partial charge in [-0.25, -0.2) is 9.18 Å². The van der Waals surface area contributed by atoms with Gasteiger partial charge in [-0.3, -0.25) is 4.79 Å². The minimum absolute atomic E-state index is 0.0382. The van der Waals surface area contributed by atoms with Crippen LogP contribution in [0.25, 0.3) is 0 Å². The smallest absolute Gasteiger partial charge is 0.341 e. The number of aryl methyl sites for hydroxylation is 2. The van der Waals surface area contributed by atoms with Gasteiger partial charge < -0.3 is 9.67 Å².